The van der Waals surface area contributed by atoms with E-state index in [0.29, 0.717) is 26.6 Å². The molecular weight excluding hydrogens is 372 g/mol. The van der Waals surface area contributed by atoms with Gasteiger partial charge in [0.1, 0.15) is 5.58 Å². The maximum atomic E-state index is 12.8. The number of halogens is 1. The van der Waals surface area contributed by atoms with E-state index in [1.54, 1.807) is 42.5 Å². The monoisotopic (exact) mass is 382 g/mol. The fourth-order valence-corrected chi connectivity index (χ4v) is 3.62. The van der Waals surface area contributed by atoms with Gasteiger partial charge in [-0.15, -0.1) is 0 Å². The molecule has 7 heteroatoms. The van der Waals surface area contributed by atoms with E-state index in [1.165, 1.54) is 11.0 Å². The van der Waals surface area contributed by atoms with E-state index in [2.05, 4.69) is 0 Å². The summed E-state index contributed by atoms with van der Waals surface area (Å²) in [6, 6.07) is 15.1. The zero-order chi connectivity index (χ0) is 18.3. The Labute approximate surface area is 157 Å². The Hall–Kier alpha value is -2.83. The van der Waals surface area contributed by atoms with Crippen LogP contribution in [0.15, 0.2) is 68.7 Å². The van der Waals surface area contributed by atoms with Crippen LogP contribution in [-0.4, -0.2) is 11.1 Å². The lowest BCUT2D eigenvalue weighted by Crippen LogP contribution is -2.28. The molecule has 2 heterocycles. The molecule has 0 aliphatic carbocycles. The van der Waals surface area contributed by atoms with E-state index >= 15 is 0 Å². The molecule has 1 aromatic heterocycles. The molecule has 1 N–H and O–H groups in total. The second-order valence-electron chi connectivity index (χ2n) is 5.58. The van der Waals surface area contributed by atoms with Crippen LogP contribution in [0, 0.1) is 5.41 Å². The average molecular weight is 383 g/mol. The Balaban J connectivity index is 1.70. The number of fused-ring (bicyclic) bond motifs is 1. The highest BCUT2D eigenvalue weighted by atomic mass is 35.5. The summed E-state index contributed by atoms with van der Waals surface area (Å²) in [5, 5.41) is 9.60. The number of carbonyl (C=O) groups is 1. The molecular formula is C19H11ClN2O3S. The van der Waals surface area contributed by atoms with Gasteiger partial charge in [0.05, 0.1) is 10.6 Å². The number of hydrogen-bond acceptors (Lipinski definition) is 5. The molecule has 1 amide bonds. The van der Waals surface area contributed by atoms with Crippen molar-refractivity contribution in [3.63, 3.8) is 0 Å². The largest absolute Gasteiger partial charge is 0.423 e. The van der Waals surface area contributed by atoms with Crippen LogP contribution < -0.4 is 10.5 Å². The number of carbonyl (C=O) groups excluding carboxylic acids is 1. The molecule has 26 heavy (non-hydrogen) atoms. The first-order valence-electron chi connectivity index (χ1n) is 7.63. The molecule has 0 spiro atoms. The number of thioether (sulfide) groups is 1. The third-order valence-corrected chi connectivity index (χ3v) is 4.99. The van der Waals surface area contributed by atoms with Gasteiger partial charge >= 0.3 is 5.63 Å². The van der Waals surface area contributed by atoms with Gasteiger partial charge in [-0.05, 0) is 59.8 Å². The predicted octanol–water partition coefficient (Wildman–Crippen LogP) is 4.50. The van der Waals surface area contributed by atoms with Crippen molar-refractivity contribution in [2.45, 2.75) is 0 Å². The lowest BCUT2D eigenvalue weighted by molar-refractivity contribution is -0.113. The first-order valence-corrected chi connectivity index (χ1v) is 8.83. The smallest absolute Gasteiger partial charge is 0.336 e. The topological polar surface area (TPSA) is 74.4 Å². The molecule has 1 fully saturated rings. The summed E-state index contributed by atoms with van der Waals surface area (Å²) in [6.45, 7) is 0. The van der Waals surface area contributed by atoms with Gasteiger partial charge in [-0.3, -0.25) is 15.1 Å². The number of amidine groups is 1. The van der Waals surface area contributed by atoms with Gasteiger partial charge in [-0.25, -0.2) is 4.79 Å². The van der Waals surface area contributed by atoms with Crippen LogP contribution in [0.25, 0.3) is 17.0 Å². The Morgan fingerprint density at radius 3 is 2.58 bits per heavy atom. The van der Waals surface area contributed by atoms with E-state index in [1.807, 2.05) is 12.1 Å². The lowest BCUT2D eigenvalue weighted by Gasteiger charge is -2.14. The van der Waals surface area contributed by atoms with Crippen LogP contribution in [0.1, 0.15) is 5.56 Å². The minimum Gasteiger partial charge on any atom is -0.423 e. The van der Waals surface area contributed by atoms with Crippen molar-refractivity contribution in [1.29, 1.82) is 5.41 Å². The summed E-state index contributed by atoms with van der Waals surface area (Å²) < 4.78 is 5.10. The molecule has 0 radical (unpaired) electrons. The Bertz CT molecular complexity index is 1140. The molecule has 0 saturated carbocycles. The van der Waals surface area contributed by atoms with E-state index in [-0.39, 0.29) is 11.1 Å². The summed E-state index contributed by atoms with van der Waals surface area (Å²) in [4.78, 5) is 25.8. The van der Waals surface area contributed by atoms with Crippen molar-refractivity contribution in [3.05, 3.63) is 80.5 Å². The van der Waals surface area contributed by atoms with Crippen molar-refractivity contribution >= 4 is 57.2 Å². The number of rotatable bonds is 2. The molecule has 2 aromatic carbocycles. The van der Waals surface area contributed by atoms with Crippen LogP contribution in [0.5, 0.6) is 0 Å². The Kier molecular flexibility index (Phi) is 4.14. The number of benzene rings is 2. The maximum absolute atomic E-state index is 12.8. The van der Waals surface area contributed by atoms with Crippen molar-refractivity contribution in [2.24, 2.45) is 0 Å². The van der Waals surface area contributed by atoms with Crippen LogP contribution in [-0.2, 0) is 4.79 Å². The molecule has 1 aliphatic rings. The predicted molar refractivity (Wildman–Crippen MR) is 105 cm³/mol. The third kappa shape index (κ3) is 3.05. The first kappa shape index (κ1) is 16.6. The molecule has 1 aliphatic heterocycles. The molecule has 3 aromatic rings. The summed E-state index contributed by atoms with van der Waals surface area (Å²) in [5.41, 5.74) is 1.39. The highest BCUT2D eigenvalue weighted by Gasteiger charge is 2.33. The van der Waals surface area contributed by atoms with Gasteiger partial charge in [-0.2, -0.15) is 0 Å². The normalized spacial score (nSPS) is 16.0. The molecule has 1 saturated heterocycles. The van der Waals surface area contributed by atoms with E-state index in [9.17, 15) is 9.59 Å². The van der Waals surface area contributed by atoms with Gasteiger partial charge in [0, 0.05) is 16.5 Å². The fourth-order valence-electron chi connectivity index (χ4n) is 2.63. The lowest BCUT2D eigenvalue weighted by atomic mass is 10.2. The summed E-state index contributed by atoms with van der Waals surface area (Å²) in [7, 11) is 0. The Morgan fingerprint density at radius 1 is 1.04 bits per heavy atom. The van der Waals surface area contributed by atoms with Gasteiger partial charge < -0.3 is 4.42 Å². The zero-order valence-electron chi connectivity index (χ0n) is 13.2. The summed E-state index contributed by atoms with van der Waals surface area (Å²) in [6.07, 6.45) is 1.73. The quantitative estimate of drug-likeness (QED) is 0.523. The number of amides is 1. The average Bonchev–Trinajstić information content (AvgIpc) is 2.90. The first-order chi connectivity index (χ1) is 12.5. The zero-order valence-corrected chi connectivity index (χ0v) is 14.8. The molecule has 128 valence electrons. The standard InChI is InChI=1S/C19H11ClN2O3S/c20-13-4-1-11(2-5-13)9-16-18(24)22(19(21)26-16)14-6-7-15-12(10-14)3-8-17(23)25-15/h1-10,21H/b16-9-,21-19?. The van der Waals surface area contributed by atoms with Crippen LogP contribution in [0.3, 0.4) is 0 Å². The van der Waals surface area contributed by atoms with E-state index in [0.717, 1.165) is 17.3 Å². The third-order valence-electron chi connectivity index (χ3n) is 3.85. The SMILES string of the molecule is N=C1S/C(=C\c2ccc(Cl)cc2)C(=O)N1c1ccc2oc(=O)ccc2c1. The molecule has 0 bridgehead atoms. The molecule has 5 nitrogen and oxygen atoms in total. The summed E-state index contributed by atoms with van der Waals surface area (Å²) in [5.74, 6) is -0.272. The fraction of sp³-hybridized carbons (Fsp3) is 0. The second-order valence-corrected chi connectivity index (χ2v) is 7.05. The van der Waals surface area contributed by atoms with E-state index in [4.69, 9.17) is 21.4 Å². The highest BCUT2D eigenvalue weighted by Crippen LogP contribution is 2.36. The van der Waals surface area contributed by atoms with Crippen molar-refractivity contribution in [2.75, 3.05) is 4.90 Å². The van der Waals surface area contributed by atoms with Gasteiger partial charge in [0.15, 0.2) is 5.17 Å². The second kappa shape index (κ2) is 6.48. The van der Waals surface area contributed by atoms with Crippen LogP contribution >= 0.6 is 23.4 Å². The van der Waals surface area contributed by atoms with E-state index < -0.39 is 5.63 Å². The maximum Gasteiger partial charge on any atom is 0.336 e. The van der Waals surface area contributed by atoms with Crippen molar-refractivity contribution in [1.82, 2.24) is 0 Å². The number of nitrogens with one attached hydrogen (secondary N) is 1. The summed E-state index contributed by atoms with van der Waals surface area (Å²) >= 11 is 6.98. The van der Waals surface area contributed by atoms with Crippen molar-refractivity contribution in [3.8, 4) is 0 Å². The Morgan fingerprint density at radius 2 is 1.81 bits per heavy atom. The van der Waals surface area contributed by atoms with Gasteiger partial charge in [0.2, 0.25) is 0 Å². The number of nitrogens with zero attached hydrogens (tertiary/aromatic N) is 1. The van der Waals surface area contributed by atoms with Gasteiger partial charge in [0.25, 0.3) is 5.91 Å². The molecule has 0 unspecified atom stereocenters. The van der Waals surface area contributed by atoms with Crippen molar-refractivity contribution < 1.29 is 9.21 Å². The molecule has 4 rings (SSSR count). The minimum atomic E-state index is -0.431. The highest BCUT2D eigenvalue weighted by molar-refractivity contribution is 8.19. The van der Waals surface area contributed by atoms with Crippen LogP contribution in [0.2, 0.25) is 5.02 Å². The van der Waals surface area contributed by atoms with Gasteiger partial charge in [-0.1, -0.05) is 23.7 Å². The molecule has 0 atom stereocenters. The number of hydrogen-bond donors (Lipinski definition) is 1. The number of anilines is 1. The van der Waals surface area contributed by atoms with Crippen LogP contribution in [0.4, 0.5) is 5.69 Å². The minimum absolute atomic E-state index is 0.118.